The number of hydrogen-bond donors (Lipinski definition) is 0. The first-order chi connectivity index (χ1) is 17.6. The fraction of sp³-hybridized carbons (Fsp3) is 0.556. The van der Waals surface area contributed by atoms with Crippen molar-refractivity contribution >= 4 is 18.9 Å². The number of ether oxygens (including phenoxy) is 2. The summed E-state index contributed by atoms with van der Waals surface area (Å²) in [5.74, 6) is -1.39. The molecule has 0 aliphatic carbocycles. The number of carbonyl (C=O) groups is 1. The lowest BCUT2D eigenvalue weighted by atomic mass is 9.78. The predicted molar refractivity (Wildman–Crippen MR) is 134 cm³/mol. The van der Waals surface area contributed by atoms with E-state index in [2.05, 4.69) is 4.98 Å². The van der Waals surface area contributed by atoms with E-state index in [1.54, 1.807) is 6.20 Å². The van der Waals surface area contributed by atoms with Crippen molar-refractivity contribution < 1.29 is 32.4 Å². The Balaban J connectivity index is 1.41. The van der Waals surface area contributed by atoms with Crippen molar-refractivity contribution in [1.29, 1.82) is 0 Å². The van der Waals surface area contributed by atoms with Gasteiger partial charge in [0.05, 0.1) is 30.5 Å². The van der Waals surface area contributed by atoms with Gasteiger partial charge in [0.15, 0.2) is 11.6 Å². The molecule has 1 aromatic carbocycles. The number of aromatic nitrogens is 1. The number of benzene rings is 1. The van der Waals surface area contributed by atoms with E-state index in [0.29, 0.717) is 44.6 Å². The number of rotatable bonds is 6. The normalized spacial score (nSPS) is 23.6. The zero-order chi connectivity index (χ0) is 26.4. The Labute approximate surface area is 216 Å². The van der Waals surface area contributed by atoms with Gasteiger partial charge in [-0.15, -0.1) is 0 Å². The molecule has 2 saturated heterocycles. The number of pyridine rings is 1. The third-order valence-electron chi connectivity index (χ3n) is 7.94. The average molecular weight is 514 g/mol. The van der Waals surface area contributed by atoms with Gasteiger partial charge in [-0.3, -0.25) is 9.88 Å². The molecular formula is C27H33BF2N2O5. The standard InChI is InChI=1S/C27H33BF2N2O5/c1-26(2)27(3,4)37-28(36-26)18-12-21-23(31-14-18)5-8-32(24(21)16-33)15-17-11-19(29)13-22(30)25(17)35-20-6-9-34-10-7-20/h11-14,16,20,24H,5-10,15H2,1-4H3. The highest BCUT2D eigenvalue weighted by Gasteiger charge is 2.52. The fourth-order valence-corrected chi connectivity index (χ4v) is 5.06. The molecule has 1 aromatic heterocycles. The van der Waals surface area contributed by atoms with Gasteiger partial charge >= 0.3 is 7.12 Å². The van der Waals surface area contributed by atoms with Crippen LogP contribution in [0, 0.1) is 11.6 Å². The Bertz CT molecular complexity index is 1160. The first kappa shape index (κ1) is 26.2. The molecule has 198 valence electrons. The van der Waals surface area contributed by atoms with Crippen LogP contribution in [0.1, 0.15) is 63.4 Å². The maximum absolute atomic E-state index is 14.9. The van der Waals surface area contributed by atoms with E-state index in [1.165, 1.54) is 6.07 Å². The number of aldehydes is 1. The lowest BCUT2D eigenvalue weighted by Gasteiger charge is -2.34. The smallest absolute Gasteiger partial charge is 0.487 e. The van der Waals surface area contributed by atoms with Gasteiger partial charge in [0.25, 0.3) is 0 Å². The molecule has 7 nitrogen and oxygen atoms in total. The van der Waals surface area contributed by atoms with Crippen molar-refractivity contribution in [2.75, 3.05) is 19.8 Å². The van der Waals surface area contributed by atoms with Crippen LogP contribution in [-0.4, -0.2) is 60.4 Å². The van der Waals surface area contributed by atoms with E-state index in [0.717, 1.165) is 29.1 Å². The Morgan fingerprint density at radius 2 is 1.84 bits per heavy atom. The van der Waals surface area contributed by atoms with E-state index >= 15 is 0 Å². The first-order valence-corrected chi connectivity index (χ1v) is 12.8. The second kappa shape index (κ2) is 10.1. The van der Waals surface area contributed by atoms with Gasteiger partial charge in [-0.05, 0) is 39.3 Å². The molecule has 2 fully saturated rings. The summed E-state index contributed by atoms with van der Waals surface area (Å²) in [5.41, 5.74) is 1.65. The van der Waals surface area contributed by atoms with Crippen molar-refractivity contribution in [1.82, 2.24) is 9.88 Å². The summed E-state index contributed by atoms with van der Waals surface area (Å²) in [5, 5.41) is 0. The highest BCUT2D eigenvalue weighted by atomic mass is 19.1. The summed E-state index contributed by atoms with van der Waals surface area (Å²) in [6, 6.07) is 3.39. The summed E-state index contributed by atoms with van der Waals surface area (Å²) in [4.78, 5) is 18.9. The third-order valence-corrected chi connectivity index (χ3v) is 7.94. The lowest BCUT2D eigenvalue weighted by molar-refractivity contribution is -0.113. The molecule has 37 heavy (non-hydrogen) atoms. The van der Waals surface area contributed by atoms with E-state index in [1.807, 2.05) is 38.7 Å². The van der Waals surface area contributed by atoms with Crippen molar-refractivity contribution in [3.8, 4) is 5.75 Å². The van der Waals surface area contributed by atoms with E-state index in [9.17, 15) is 13.6 Å². The highest BCUT2D eigenvalue weighted by molar-refractivity contribution is 6.62. The molecule has 3 aliphatic heterocycles. The minimum atomic E-state index is -0.744. The molecule has 4 heterocycles. The van der Waals surface area contributed by atoms with Crippen LogP contribution in [0.3, 0.4) is 0 Å². The van der Waals surface area contributed by atoms with Gasteiger partial charge < -0.3 is 23.6 Å². The molecule has 0 amide bonds. The van der Waals surface area contributed by atoms with E-state index in [-0.39, 0.29) is 18.4 Å². The van der Waals surface area contributed by atoms with Crippen LogP contribution in [0.25, 0.3) is 0 Å². The average Bonchev–Trinajstić information content (AvgIpc) is 3.08. The molecule has 0 radical (unpaired) electrons. The molecule has 0 N–H and O–H groups in total. The molecule has 5 rings (SSSR count). The van der Waals surface area contributed by atoms with Crippen LogP contribution in [-0.2, 0) is 31.8 Å². The molecule has 1 atom stereocenters. The van der Waals surface area contributed by atoms with Gasteiger partial charge in [-0.2, -0.15) is 0 Å². The SMILES string of the molecule is CC1(C)OB(c2cnc3c(c2)C(C=O)N(Cc2cc(F)cc(F)c2OC2CCOCC2)CC3)OC1(C)C. The van der Waals surface area contributed by atoms with Gasteiger partial charge in [0.2, 0.25) is 0 Å². The number of carbonyl (C=O) groups excluding carboxylic acids is 1. The number of halogens is 2. The quantitative estimate of drug-likeness (QED) is 0.432. The summed E-state index contributed by atoms with van der Waals surface area (Å²) in [6.07, 6.45) is 4.25. The van der Waals surface area contributed by atoms with Gasteiger partial charge in [0.1, 0.15) is 18.2 Å². The van der Waals surface area contributed by atoms with Gasteiger partial charge in [-0.1, -0.05) is 6.07 Å². The summed E-state index contributed by atoms with van der Waals surface area (Å²) in [6.45, 7) is 9.65. The molecule has 3 aliphatic rings. The van der Waals surface area contributed by atoms with Gasteiger partial charge in [0, 0.05) is 61.3 Å². The molecule has 0 saturated carbocycles. The fourth-order valence-electron chi connectivity index (χ4n) is 5.06. The maximum Gasteiger partial charge on any atom is 0.496 e. The zero-order valence-electron chi connectivity index (χ0n) is 21.8. The zero-order valence-corrected chi connectivity index (χ0v) is 21.8. The molecule has 0 bridgehead atoms. The Morgan fingerprint density at radius 3 is 2.51 bits per heavy atom. The molecule has 1 unspecified atom stereocenters. The summed E-state index contributed by atoms with van der Waals surface area (Å²) >= 11 is 0. The van der Waals surface area contributed by atoms with Crippen LogP contribution in [0.15, 0.2) is 24.4 Å². The number of hydrogen-bond acceptors (Lipinski definition) is 7. The second-order valence-corrected chi connectivity index (χ2v) is 11.0. The maximum atomic E-state index is 14.9. The van der Waals surface area contributed by atoms with E-state index < -0.39 is 36.0 Å². The van der Waals surface area contributed by atoms with Crippen LogP contribution in [0.5, 0.6) is 5.75 Å². The minimum absolute atomic E-state index is 0.0350. The van der Waals surface area contributed by atoms with E-state index in [4.69, 9.17) is 18.8 Å². The first-order valence-electron chi connectivity index (χ1n) is 12.8. The van der Waals surface area contributed by atoms with Crippen molar-refractivity contribution in [3.05, 3.63) is 52.9 Å². The summed E-state index contributed by atoms with van der Waals surface area (Å²) < 4.78 is 52.8. The number of fused-ring (bicyclic) bond motifs is 1. The third kappa shape index (κ3) is 5.17. The Kier molecular flexibility index (Phi) is 7.13. The van der Waals surface area contributed by atoms with Crippen LogP contribution < -0.4 is 10.2 Å². The molecule has 10 heteroatoms. The predicted octanol–water partition coefficient (Wildman–Crippen LogP) is 3.52. The second-order valence-electron chi connectivity index (χ2n) is 11.0. The van der Waals surface area contributed by atoms with Crippen LogP contribution in [0.2, 0.25) is 0 Å². The minimum Gasteiger partial charge on any atom is -0.487 e. The Morgan fingerprint density at radius 1 is 1.14 bits per heavy atom. The monoisotopic (exact) mass is 514 g/mol. The van der Waals surface area contributed by atoms with Crippen molar-refractivity contribution in [3.63, 3.8) is 0 Å². The van der Waals surface area contributed by atoms with Crippen molar-refractivity contribution in [2.24, 2.45) is 0 Å². The molecular weight excluding hydrogens is 481 g/mol. The lowest BCUT2D eigenvalue weighted by Crippen LogP contribution is -2.41. The molecule has 0 spiro atoms. The van der Waals surface area contributed by atoms with Crippen molar-refractivity contribution in [2.45, 2.75) is 76.9 Å². The summed E-state index contributed by atoms with van der Waals surface area (Å²) in [7, 11) is -0.609. The molecule has 2 aromatic rings. The number of nitrogens with zero attached hydrogens (tertiary/aromatic N) is 2. The van der Waals surface area contributed by atoms with Crippen LogP contribution in [0.4, 0.5) is 8.78 Å². The Hall–Kier alpha value is -2.40. The largest absolute Gasteiger partial charge is 0.496 e. The van der Waals surface area contributed by atoms with Crippen LogP contribution >= 0.6 is 0 Å². The topological polar surface area (TPSA) is 70.1 Å². The van der Waals surface area contributed by atoms with Gasteiger partial charge in [-0.25, -0.2) is 8.78 Å². The highest BCUT2D eigenvalue weighted by Crippen LogP contribution is 2.37.